The summed E-state index contributed by atoms with van der Waals surface area (Å²) in [6.45, 7) is 1.22. The van der Waals surface area contributed by atoms with E-state index < -0.39 is 0 Å². The van der Waals surface area contributed by atoms with Crippen molar-refractivity contribution in [3.05, 3.63) is 53.9 Å². The van der Waals surface area contributed by atoms with Gasteiger partial charge in [-0.05, 0) is 42.2 Å². The molecule has 1 saturated heterocycles. The van der Waals surface area contributed by atoms with Crippen LogP contribution in [-0.2, 0) is 6.54 Å². The van der Waals surface area contributed by atoms with Crippen molar-refractivity contribution in [2.24, 2.45) is 0 Å². The molecule has 2 amide bonds. The number of carbonyl (C=O) groups is 1. The zero-order valence-electron chi connectivity index (χ0n) is 14.6. The number of benzene rings is 1. The second-order valence-corrected chi connectivity index (χ2v) is 5.99. The number of carbonyl (C=O) groups excluding carboxylic acids is 1. The molecule has 2 aromatic rings. The van der Waals surface area contributed by atoms with Crippen LogP contribution in [0.1, 0.15) is 30.0 Å². The molecule has 132 valence electrons. The Morgan fingerprint density at radius 3 is 2.84 bits per heavy atom. The van der Waals surface area contributed by atoms with Gasteiger partial charge in [0, 0.05) is 25.5 Å². The van der Waals surface area contributed by atoms with E-state index >= 15 is 0 Å². The fourth-order valence-corrected chi connectivity index (χ4v) is 3.20. The highest BCUT2D eigenvalue weighted by molar-refractivity contribution is 5.75. The maximum absolute atomic E-state index is 12.6. The van der Waals surface area contributed by atoms with Gasteiger partial charge < -0.3 is 19.7 Å². The summed E-state index contributed by atoms with van der Waals surface area (Å²) < 4.78 is 10.7. The molecule has 1 unspecified atom stereocenters. The molecule has 0 radical (unpaired) electrons. The predicted molar refractivity (Wildman–Crippen MR) is 94.7 cm³/mol. The van der Waals surface area contributed by atoms with Crippen LogP contribution >= 0.6 is 0 Å². The van der Waals surface area contributed by atoms with Gasteiger partial charge in [0.15, 0.2) is 11.5 Å². The average molecular weight is 341 g/mol. The number of pyridine rings is 1. The summed E-state index contributed by atoms with van der Waals surface area (Å²) in [6.07, 6.45) is 5.41. The summed E-state index contributed by atoms with van der Waals surface area (Å²) in [5.74, 6) is 1.37. The third-order valence-corrected chi connectivity index (χ3v) is 4.47. The number of amides is 2. The fourth-order valence-electron chi connectivity index (χ4n) is 3.20. The molecule has 1 N–H and O–H groups in total. The standard InChI is InChI=1S/C19H23N3O3/c1-24-17-8-7-15(11-18(17)25-2)16-6-4-10-22(16)19(23)21-13-14-5-3-9-20-12-14/h3,5,7-9,11-12,16H,4,6,10,13H2,1-2H3,(H,21,23). The molecule has 1 aromatic carbocycles. The van der Waals surface area contributed by atoms with E-state index in [1.807, 2.05) is 35.2 Å². The summed E-state index contributed by atoms with van der Waals surface area (Å²) in [6, 6.07) is 9.65. The van der Waals surface area contributed by atoms with Gasteiger partial charge in [-0.1, -0.05) is 12.1 Å². The highest BCUT2D eigenvalue weighted by Crippen LogP contribution is 2.36. The number of likely N-dealkylation sites (tertiary alicyclic amines) is 1. The van der Waals surface area contributed by atoms with Crippen LogP contribution in [0.5, 0.6) is 11.5 Å². The number of aromatic nitrogens is 1. The van der Waals surface area contributed by atoms with Crippen molar-refractivity contribution < 1.29 is 14.3 Å². The van der Waals surface area contributed by atoms with Crippen LogP contribution in [0.15, 0.2) is 42.7 Å². The van der Waals surface area contributed by atoms with Gasteiger partial charge in [0.2, 0.25) is 0 Å². The first kappa shape index (κ1) is 17.1. The summed E-state index contributed by atoms with van der Waals surface area (Å²) in [5.41, 5.74) is 2.05. The molecule has 6 heteroatoms. The van der Waals surface area contributed by atoms with Crippen LogP contribution in [0, 0.1) is 0 Å². The van der Waals surface area contributed by atoms with E-state index in [1.54, 1.807) is 26.6 Å². The predicted octanol–water partition coefficient (Wildman–Crippen LogP) is 3.15. The second kappa shape index (κ2) is 7.88. The van der Waals surface area contributed by atoms with Crippen molar-refractivity contribution in [1.82, 2.24) is 15.2 Å². The van der Waals surface area contributed by atoms with Crippen molar-refractivity contribution in [2.45, 2.75) is 25.4 Å². The highest BCUT2D eigenvalue weighted by atomic mass is 16.5. The maximum Gasteiger partial charge on any atom is 0.318 e. The minimum absolute atomic E-state index is 0.0497. The highest BCUT2D eigenvalue weighted by Gasteiger charge is 2.30. The lowest BCUT2D eigenvalue weighted by Crippen LogP contribution is -2.39. The lowest BCUT2D eigenvalue weighted by molar-refractivity contribution is 0.192. The van der Waals surface area contributed by atoms with Crippen LogP contribution < -0.4 is 14.8 Å². The molecule has 25 heavy (non-hydrogen) atoms. The zero-order chi connectivity index (χ0) is 17.6. The number of methoxy groups -OCH3 is 2. The lowest BCUT2D eigenvalue weighted by Gasteiger charge is -2.26. The van der Waals surface area contributed by atoms with Gasteiger partial charge >= 0.3 is 6.03 Å². The first-order valence-electron chi connectivity index (χ1n) is 8.38. The van der Waals surface area contributed by atoms with Crippen molar-refractivity contribution in [3.63, 3.8) is 0 Å². The number of nitrogens with zero attached hydrogens (tertiary/aromatic N) is 2. The molecule has 1 atom stereocenters. The minimum atomic E-state index is -0.0545. The summed E-state index contributed by atoms with van der Waals surface area (Å²) in [4.78, 5) is 18.6. The summed E-state index contributed by atoms with van der Waals surface area (Å²) in [5, 5.41) is 2.98. The van der Waals surface area contributed by atoms with Gasteiger partial charge in [-0.2, -0.15) is 0 Å². The topological polar surface area (TPSA) is 63.7 Å². The van der Waals surface area contributed by atoms with Gasteiger partial charge in [-0.15, -0.1) is 0 Å². The number of rotatable bonds is 5. The second-order valence-electron chi connectivity index (χ2n) is 5.99. The minimum Gasteiger partial charge on any atom is -0.493 e. The molecule has 6 nitrogen and oxygen atoms in total. The molecule has 3 rings (SSSR count). The van der Waals surface area contributed by atoms with E-state index in [9.17, 15) is 4.79 Å². The Balaban J connectivity index is 1.70. The van der Waals surface area contributed by atoms with E-state index in [2.05, 4.69) is 10.3 Å². The Morgan fingerprint density at radius 2 is 2.12 bits per heavy atom. The molecular formula is C19H23N3O3. The van der Waals surface area contributed by atoms with Gasteiger partial charge in [-0.3, -0.25) is 4.98 Å². The molecule has 0 spiro atoms. The van der Waals surface area contributed by atoms with Crippen LogP contribution in [-0.4, -0.2) is 36.7 Å². The van der Waals surface area contributed by atoms with E-state index in [1.165, 1.54) is 0 Å². The molecule has 0 saturated carbocycles. The van der Waals surface area contributed by atoms with E-state index in [0.717, 1.165) is 30.5 Å². The third-order valence-electron chi connectivity index (χ3n) is 4.47. The van der Waals surface area contributed by atoms with Gasteiger partial charge in [0.05, 0.1) is 20.3 Å². The smallest absolute Gasteiger partial charge is 0.318 e. The number of nitrogens with one attached hydrogen (secondary N) is 1. The molecular weight excluding hydrogens is 318 g/mol. The molecule has 1 fully saturated rings. The Kier molecular flexibility index (Phi) is 5.38. The normalized spacial score (nSPS) is 16.6. The number of urea groups is 1. The van der Waals surface area contributed by atoms with Crippen LogP contribution in [0.3, 0.4) is 0 Å². The zero-order valence-corrected chi connectivity index (χ0v) is 14.6. The van der Waals surface area contributed by atoms with Crippen molar-refractivity contribution in [1.29, 1.82) is 0 Å². The van der Waals surface area contributed by atoms with E-state index in [0.29, 0.717) is 18.0 Å². The molecule has 2 heterocycles. The van der Waals surface area contributed by atoms with Crippen LogP contribution in [0.2, 0.25) is 0 Å². The summed E-state index contributed by atoms with van der Waals surface area (Å²) in [7, 11) is 3.24. The molecule has 1 aliphatic heterocycles. The molecule has 1 aromatic heterocycles. The molecule has 0 aliphatic carbocycles. The van der Waals surface area contributed by atoms with Gasteiger partial charge in [0.1, 0.15) is 0 Å². The van der Waals surface area contributed by atoms with E-state index in [-0.39, 0.29) is 12.1 Å². The number of hydrogen-bond donors (Lipinski definition) is 1. The average Bonchev–Trinajstić information content (AvgIpc) is 3.16. The Bertz CT molecular complexity index is 721. The quantitative estimate of drug-likeness (QED) is 0.907. The van der Waals surface area contributed by atoms with E-state index in [4.69, 9.17) is 9.47 Å². The SMILES string of the molecule is COc1ccc(C2CCCN2C(=O)NCc2cccnc2)cc1OC. The van der Waals surface area contributed by atoms with Crippen molar-refractivity contribution in [3.8, 4) is 11.5 Å². The lowest BCUT2D eigenvalue weighted by atomic mass is 10.0. The van der Waals surface area contributed by atoms with Crippen LogP contribution in [0.4, 0.5) is 4.79 Å². The Morgan fingerprint density at radius 1 is 1.28 bits per heavy atom. The third kappa shape index (κ3) is 3.84. The first-order chi connectivity index (χ1) is 12.2. The van der Waals surface area contributed by atoms with Crippen molar-refractivity contribution >= 4 is 6.03 Å². The first-order valence-corrected chi connectivity index (χ1v) is 8.38. The monoisotopic (exact) mass is 341 g/mol. The van der Waals surface area contributed by atoms with Crippen molar-refractivity contribution in [2.75, 3.05) is 20.8 Å². The van der Waals surface area contributed by atoms with Gasteiger partial charge in [0.25, 0.3) is 0 Å². The molecule has 1 aliphatic rings. The summed E-state index contributed by atoms with van der Waals surface area (Å²) >= 11 is 0. The Labute approximate surface area is 147 Å². The maximum atomic E-state index is 12.6. The van der Waals surface area contributed by atoms with Gasteiger partial charge in [-0.25, -0.2) is 4.79 Å². The molecule has 0 bridgehead atoms. The van der Waals surface area contributed by atoms with Crippen LogP contribution in [0.25, 0.3) is 0 Å². The fraction of sp³-hybridized carbons (Fsp3) is 0.368. The number of hydrogen-bond acceptors (Lipinski definition) is 4. The number of ether oxygens (including phenoxy) is 2. The Hall–Kier alpha value is -2.76. The largest absolute Gasteiger partial charge is 0.493 e.